The molecule has 1 atom stereocenters. The Morgan fingerprint density at radius 3 is 1.80 bits per heavy atom. The van der Waals surface area contributed by atoms with E-state index in [1.165, 1.54) is 19.1 Å². The monoisotopic (exact) mass is 688 g/mol. The van der Waals surface area contributed by atoms with Crippen LogP contribution in [0.3, 0.4) is 0 Å². The number of carbonyl (C=O) groups is 5. The zero-order chi connectivity index (χ0) is 36.3. The van der Waals surface area contributed by atoms with Crippen LogP contribution in [0.25, 0.3) is 22.4 Å². The summed E-state index contributed by atoms with van der Waals surface area (Å²) in [6.45, 7) is 6.58. The van der Waals surface area contributed by atoms with Crippen LogP contribution >= 0.6 is 0 Å². The minimum atomic E-state index is -1.10. The van der Waals surface area contributed by atoms with Gasteiger partial charge in [0.2, 0.25) is 11.8 Å². The molecule has 0 saturated carbocycles. The molecule has 50 heavy (non-hydrogen) atoms. The van der Waals surface area contributed by atoms with Crippen molar-refractivity contribution in [1.29, 1.82) is 0 Å². The molecule has 1 unspecified atom stereocenters. The zero-order valence-corrected chi connectivity index (χ0v) is 29.0. The molecule has 0 spiro atoms. The SMILES string of the molecule is CCCN(CC1=NC(=O)C(C)(c2ccc(-c3ccc(-c4cnc(CN(CCC)C(=O)CNC(=O)OC)[nH]4)cc3)cc2)N1)C(=O)CNC(=O)OC. The number of benzene rings is 2. The number of amides is 5. The third-order valence-electron chi connectivity index (χ3n) is 8.19. The van der Waals surface area contributed by atoms with Crippen molar-refractivity contribution in [3.05, 3.63) is 66.1 Å². The van der Waals surface area contributed by atoms with E-state index in [1.54, 1.807) is 18.0 Å². The van der Waals surface area contributed by atoms with Crippen LogP contribution in [0.5, 0.6) is 0 Å². The number of nitrogens with zero attached hydrogens (tertiary/aromatic N) is 4. The summed E-state index contributed by atoms with van der Waals surface area (Å²) in [7, 11) is 2.47. The fraction of sp³-hybridized carbons (Fsp3) is 0.400. The Hall–Kier alpha value is -5.73. The summed E-state index contributed by atoms with van der Waals surface area (Å²) >= 11 is 0. The van der Waals surface area contributed by atoms with E-state index in [9.17, 15) is 24.0 Å². The molecule has 0 bridgehead atoms. The summed E-state index contributed by atoms with van der Waals surface area (Å²) < 4.78 is 9.08. The number of H-pyrrole nitrogens is 1. The number of carbonyl (C=O) groups excluding carboxylic acids is 5. The number of aromatic nitrogens is 2. The van der Waals surface area contributed by atoms with Crippen LogP contribution in [0.4, 0.5) is 9.59 Å². The zero-order valence-electron chi connectivity index (χ0n) is 29.0. The summed E-state index contributed by atoms with van der Waals surface area (Å²) in [4.78, 5) is 76.4. The number of amidine groups is 1. The van der Waals surface area contributed by atoms with E-state index in [-0.39, 0.29) is 43.9 Å². The van der Waals surface area contributed by atoms with E-state index < -0.39 is 17.7 Å². The van der Waals surface area contributed by atoms with Gasteiger partial charge in [0, 0.05) is 13.1 Å². The maximum absolute atomic E-state index is 13.1. The van der Waals surface area contributed by atoms with Crippen molar-refractivity contribution in [2.45, 2.75) is 45.7 Å². The van der Waals surface area contributed by atoms with Gasteiger partial charge in [-0.2, -0.15) is 4.99 Å². The number of hydrogen-bond donors (Lipinski definition) is 4. The van der Waals surface area contributed by atoms with Gasteiger partial charge in [-0.15, -0.1) is 0 Å². The molecular weight excluding hydrogens is 644 g/mol. The Morgan fingerprint density at radius 2 is 1.28 bits per heavy atom. The minimum absolute atomic E-state index is 0.1000. The predicted octanol–water partition coefficient (Wildman–Crippen LogP) is 3.18. The van der Waals surface area contributed by atoms with Crippen LogP contribution in [-0.4, -0.2) is 102 Å². The van der Waals surface area contributed by atoms with Crippen LogP contribution in [0, 0.1) is 0 Å². The van der Waals surface area contributed by atoms with Crippen LogP contribution in [0.1, 0.15) is 45.0 Å². The molecule has 0 fully saturated rings. The van der Waals surface area contributed by atoms with Crippen molar-refractivity contribution in [3.63, 3.8) is 0 Å². The van der Waals surface area contributed by atoms with Crippen molar-refractivity contribution in [3.8, 4) is 22.4 Å². The van der Waals surface area contributed by atoms with E-state index in [0.717, 1.165) is 34.4 Å². The molecular formula is C35H44N8O7. The van der Waals surface area contributed by atoms with Crippen LogP contribution < -0.4 is 16.0 Å². The second-order valence-electron chi connectivity index (χ2n) is 11.8. The summed E-state index contributed by atoms with van der Waals surface area (Å²) in [6, 6.07) is 15.6. The number of nitrogens with one attached hydrogen (secondary N) is 4. The highest BCUT2D eigenvalue weighted by atomic mass is 16.5. The molecule has 4 N–H and O–H groups in total. The lowest BCUT2D eigenvalue weighted by Gasteiger charge is -2.26. The fourth-order valence-electron chi connectivity index (χ4n) is 5.45. The summed E-state index contributed by atoms with van der Waals surface area (Å²) in [5.41, 5.74) is 3.26. The summed E-state index contributed by atoms with van der Waals surface area (Å²) in [5, 5.41) is 8.03. The normalized spacial score (nSPS) is 15.1. The molecule has 0 radical (unpaired) electrons. The molecule has 2 heterocycles. The molecule has 3 aromatic rings. The molecule has 1 aliphatic heterocycles. The Morgan fingerprint density at radius 1 is 0.780 bits per heavy atom. The van der Waals surface area contributed by atoms with Gasteiger partial charge in [0.1, 0.15) is 30.3 Å². The maximum Gasteiger partial charge on any atom is 0.407 e. The number of rotatable bonds is 15. The molecule has 2 aromatic carbocycles. The summed E-state index contributed by atoms with van der Waals surface area (Å²) in [6.07, 6.45) is 1.80. The number of aliphatic imine (C=N–C) groups is 1. The number of aromatic amines is 1. The predicted molar refractivity (Wildman–Crippen MR) is 186 cm³/mol. The van der Waals surface area contributed by atoms with Crippen molar-refractivity contribution in [2.75, 3.05) is 46.9 Å². The Balaban J connectivity index is 1.38. The van der Waals surface area contributed by atoms with Gasteiger partial charge in [0.15, 0.2) is 0 Å². The third-order valence-corrected chi connectivity index (χ3v) is 8.19. The molecule has 15 nitrogen and oxygen atoms in total. The molecule has 5 amide bonds. The first kappa shape index (κ1) is 37.1. The second-order valence-corrected chi connectivity index (χ2v) is 11.8. The lowest BCUT2D eigenvalue weighted by atomic mass is 9.90. The molecule has 1 aromatic heterocycles. The largest absolute Gasteiger partial charge is 0.453 e. The van der Waals surface area contributed by atoms with E-state index in [0.29, 0.717) is 31.2 Å². The Bertz CT molecular complexity index is 1700. The first-order chi connectivity index (χ1) is 24.0. The third kappa shape index (κ3) is 9.24. The lowest BCUT2D eigenvalue weighted by molar-refractivity contribution is -0.131. The molecule has 266 valence electrons. The van der Waals surface area contributed by atoms with Gasteiger partial charge in [-0.3, -0.25) is 14.4 Å². The van der Waals surface area contributed by atoms with Gasteiger partial charge in [-0.1, -0.05) is 62.4 Å². The molecule has 1 aliphatic rings. The standard InChI is InChI=1S/C35H44N8O7/c1-6-16-42(30(44)19-37-33(47)49-4)21-28-36-18-27(39-28)25-10-8-23(9-11-25)24-12-14-26(15-13-24)35(3)32(46)40-29(41-35)22-43(17-7-2)31(45)20-38-34(48)50-5/h8-15,18H,6-7,16-17,19-22H2,1-5H3,(H,36,39)(H,37,47)(H,38,48)(H,40,41,46). The number of alkyl carbamates (subject to hydrolysis) is 2. The Labute approximate surface area is 290 Å². The second kappa shape index (κ2) is 17.1. The summed E-state index contributed by atoms with van der Waals surface area (Å²) in [5.74, 6) is 0.0792. The molecule has 15 heteroatoms. The van der Waals surface area contributed by atoms with E-state index >= 15 is 0 Å². The van der Waals surface area contributed by atoms with Crippen LogP contribution in [0.15, 0.2) is 59.7 Å². The van der Waals surface area contributed by atoms with Crippen molar-refractivity contribution < 1.29 is 33.4 Å². The number of methoxy groups -OCH3 is 2. The number of ether oxygens (including phenoxy) is 2. The highest BCUT2D eigenvalue weighted by molar-refractivity contribution is 6.08. The lowest BCUT2D eigenvalue weighted by Crippen LogP contribution is -2.48. The first-order valence-corrected chi connectivity index (χ1v) is 16.4. The fourth-order valence-corrected chi connectivity index (χ4v) is 5.45. The average Bonchev–Trinajstić information content (AvgIpc) is 3.72. The number of imidazole rings is 1. The van der Waals surface area contributed by atoms with E-state index in [2.05, 4.69) is 40.4 Å². The highest BCUT2D eigenvalue weighted by Crippen LogP contribution is 2.30. The van der Waals surface area contributed by atoms with Crippen molar-refractivity contribution in [1.82, 2.24) is 35.7 Å². The van der Waals surface area contributed by atoms with E-state index in [4.69, 9.17) is 0 Å². The van der Waals surface area contributed by atoms with E-state index in [1.807, 2.05) is 62.4 Å². The van der Waals surface area contributed by atoms with Crippen molar-refractivity contribution in [2.24, 2.45) is 4.99 Å². The highest BCUT2D eigenvalue weighted by Gasteiger charge is 2.41. The van der Waals surface area contributed by atoms with Gasteiger partial charge in [0.25, 0.3) is 5.91 Å². The van der Waals surface area contributed by atoms with Gasteiger partial charge < -0.3 is 40.2 Å². The van der Waals surface area contributed by atoms with Gasteiger partial charge in [-0.25, -0.2) is 14.6 Å². The van der Waals surface area contributed by atoms with Crippen molar-refractivity contribution >= 4 is 35.7 Å². The molecule has 0 aliphatic carbocycles. The van der Waals surface area contributed by atoms with Gasteiger partial charge >= 0.3 is 12.2 Å². The van der Waals surface area contributed by atoms with Gasteiger partial charge in [-0.05, 0) is 42.0 Å². The van der Waals surface area contributed by atoms with Crippen LogP contribution in [-0.2, 0) is 35.9 Å². The molecule has 0 saturated heterocycles. The maximum atomic E-state index is 13.1. The Kier molecular flexibility index (Phi) is 12.7. The number of hydrogen-bond acceptors (Lipinski definition) is 9. The topological polar surface area (TPSA) is 187 Å². The molecule has 4 rings (SSSR count). The quantitative estimate of drug-likeness (QED) is 0.186. The van der Waals surface area contributed by atoms with Crippen LogP contribution in [0.2, 0.25) is 0 Å². The minimum Gasteiger partial charge on any atom is -0.453 e. The van der Waals surface area contributed by atoms with Gasteiger partial charge in [0.05, 0.1) is 39.2 Å². The smallest absolute Gasteiger partial charge is 0.407 e. The average molecular weight is 689 g/mol. The first-order valence-electron chi connectivity index (χ1n) is 16.4.